The maximum absolute atomic E-state index is 12.7. The van der Waals surface area contributed by atoms with Gasteiger partial charge in [-0.2, -0.15) is 0 Å². The van der Waals surface area contributed by atoms with Crippen molar-refractivity contribution >= 4 is 17.5 Å². The first-order valence-electron chi connectivity index (χ1n) is 9.50. The number of para-hydroxylation sites is 1. The SMILES string of the molecule is CCc1ccccc1NC(=O)c1cccc(C(=O)N2CCN(CC)CC2)n1. The number of aromatic nitrogens is 1. The number of pyridine rings is 1. The van der Waals surface area contributed by atoms with Gasteiger partial charge in [0, 0.05) is 31.9 Å². The maximum Gasteiger partial charge on any atom is 0.274 e. The molecule has 3 rings (SSSR count). The van der Waals surface area contributed by atoms with E-state index in [-0.39, 0.29) is 17.5 Å². The Morgan fingerprint density at radius 1 is 0.963 bits per heavy atom. The van der Waals surface area contributed by atoms with Crippen molar-refractivity contribution in [3.05, 3.63) is 59.4 Å². The number of nitrogens with one attached hydrogen (secondary N) is 1. The number of hydrogen-bond acceptors (Lipinski definition) is 4. The second-order valence-corrected chi connectivity index (χ2v) is 6.60. The summed E-state index contributed by atoms with van der Waals surface area (Å²) in [4.78, 5) is 33.8. The molecule has 2 aromatic rings. The predicted molar refractivity (Wildman–Crippen MR) is 106 cm³/mol. The third-order valence-electron chi connectivity index (χ3n) is 4.95. The Kier molecular flexibility index (Phi) is 6.19. The van der Waals surface area contributed by atoms with Crippen molar-refractivity contribution in [2.75, 3.05) is 38.0 Å². The fraction of sp³-hybridized carbons (Fsp3) is 0.381. The highest BCUT2D eigenvalue weighted by Crippen LogP contribution is 2.16. The monoisotopic (exact) mass is 366 g/mol. The number of carbonyl (C=O) groups is 2. The van der Waals surface area contributed by atoms with Crippen LogP contribution in [0.3, 0.4) is 0 Å². The third kappa shape index (κ3) is 4.52. The second-order valence-electron chi connectivity index (χ2n) is 6.60. The van der Waals surface area contributed by atoms with Gasteiger partial charge in [-0.25, -0.2) is 4.98 Å². The molecule has 0 unspecified atom stereocenters. The summed E-state index contributed by atoms with van der Waals surface area (Å²) in [6, 6.07) is 12.7. The molecule has 2 amide bonds. The molecule has 1 aliphatic heterocycles. The van der Waals surface area contributed by atoms with Gasteiger partial charge in [0.05, 0.1) is 0 Å². The van der Waals surface area contributed by atoms with Crippen LogP contribution in [0.15, 0.2) is 42.5 Å². The van der Waals surface area contributed by atoms with Gasteiger partial charge in [-0.3, -0.25) is 9.59 Å². The molecule has 6 nitrogen and oxygen atoms in total. The molecule has 0 spiro atoms. The number of nitrogens with zero attached hydrogens (tertiary/aromatic N) is 3. The second kappa shape index (κ2) is 8.77. The van der Waals surface area contributed by atoms with Gasteiger partial charge in [0.1, 0.15) is 11.4 Å². The Labute approximate surface area is 160 Å². The molecule has 1 aliphatic rings. The summed E-state index contributed by atoms with van der Waals surface area (Å²) in [6.07, 6.45) is 0.826. The minimum Gasteiger partial charge on any atom is -0.335 e. The minimum absolute atomic E-state index is 0.116. The van der Waals surface area contributed by atoms with Gasteiger partial charge in [0.2, 0.25) is 0 Å². The van der Waals surface area contributed by atoms with Crippen LogP contribution in [-0.2, 0) is 6.42 Å². The van der Waals surface area contributed by atoms with Crippen molar-refractivity contribution < 1.29 is 9.59 Å². The zero-order chi connectivity index (χ0) is 19.2. The van der Waals surface area contributed by atoms with Crippen LogP contribution in [0.25, 0.3) is 0 Å². The number of amides is 2. The van der Waals surface area contributed by atoms with E-state index >= 15 is 0 Å². The number of piperazine rings is 1. The van der Waals surface area contributed by atoms with Gasteiger partial charge in [-0.05, 0) is 36.7 Å². The van der Waals surface area contributed by atoms with Crippen molar-refractivity contribution in [3.63, 3.8) is 0 Å². The molecule has 142 valence electrons. The standard InChI is InChI=1S/C21H26N4O2/c1-3-16-8-5-6-9-17(16)23-20(26)18-10-7-11-19(22-18)21(27)25-14-12-24(4-2)13-15-25/h5-11H,3-4,12-15H2,1-2H3,(H,23,26). The summed E-state index contributed by atoms with van der Waals surface area (Å²) in [7, 11) is 0. The molecule has 27 heavy (non-hydrogen) atoms. The van der Waals surface area contributed by atoms with Crippen LogP contribution in [0.1, 0.15) is 40.4 Å². The average molecular weight is 366 g/mol. The van der Waals surface area contributed by atoms with E-state index in [1.165, 1.54) is 0 Å². The highest BCUT2D eigenvalue weighted by atomic mass is 16.2. The van der Waals surface area contributed by atoms with E-state index in [2.05, 4.69) is 22.1 Å². The number of benzene rings is 1. The van der Waals surface area contributed by atoms with Gasteiger partial charge >= 0.3 is 0 Å². The van der Waals surface area contributed by atoms with Crippen molar-refractivity contribution in [1.29, 1.82) is 0 Å². The van der Waals surface area contributed by atoms with Crippen molar-refractivity contribution in [1.82, 2.24) is 14.8 Å². The number of hydrogen-bond donors (Lipinski definition) is 1. The molecule has 0 saturated carbocycles. The Balaban J connectivity index is 1.71. The average Bonchev–Trinajstić information content (AvgIpc) is 2.73. The first-order valence-corrected chi connectivity index (χ1v) is 9.50. The van der Waals surface area contributed by atoms with Crippen LogP contribution in [0.5, 0.6) is 0 Å². The predicted octanol–water partition coefficient (Wildman–Crippen LogP) is 2.67. The normalized spacial score (nSPS) is 14.8. The molecule has 0 atom stereocenters. The van der Waals surface area contributed by atoms with Crippen LogP contribution in [0, 0.1) is 0 Å². The fourth-order valence-corrected chi connectivity index (χ4v) is 3.25. The van der Waals surface area contributed by atoms with Gasteiger partial charge in [0.25, 0.3) is 11.8 Å². The molecule has 0 radical (unpaired) electrons. The van der Waals surface area contributed by atoms with E-state index in [9.17, 15) is 9.59 Å². The number of aryl methyl sites for hydroxylation is 1. The number of likely N-dealkylation sites (N-methyl/N-ethyl adjacent to an activating group) is 1. The quantitative estimate of drug-likeness (QED) is 0.884. The first-order chi connectivity index (χ1) is 13.1. The lowest BCUT2D eigenvalue weighted by Gasteiger charge is -2.33. The van der Waals surface area contributed by atoms with Crippen LogP contribution < -0.4 is 5.32 Å². The highest BCUT2D eigenvalue weighted by molar-refractivity contribution is 6.04. The zero-order valence-corrected chi connectivity index (χ0v) is 15.9. The van der Waals surface area contributed by atoms with Crippen LogP contribution >= 0.6 is 0 Å². The van der Waals surface area contributed by atoms with Crippen molar-refractivity contribution in [2.24, 2.45) is 0 Å². The van der Waals surface area contributed by atoms with Crippen LogP contribution in [0.4, 0.5) is 5.69 Å². The summed E-state index contributed by atoms with van der Waals surface area (Å²) < 4.78 is 0. The summed E-state index contributed by atoms with van der Waals surface area (Å²) >= 11 is 0. The molecule has 0 aliphatic carbocycles. The van der Waals surface area contributed by atoms with E-state index in [1.54, 1.807) is 18.2 Å². The molecule has 6 heteroatoms. The van der Waals surface area contributed by atoms with Gasteiger partial charge < -0.3 is 15.1 Å². The molecule has 0 bridgehead atoms. The zero-order valence-electron chi connectivity index (χ0n) is 15.9. The lowest BCUT2D eigenvalue weighted by molar-refractivity contribution is 0.0637. The topological polar surface area (TPSA) is 65.5 Å². The largest absolute Gasteiger partial charge is 0.335 e. The van der Waals surface area contributed by atoms with Crippen LogP contribution in [0.2, 0.25) is 0 Å². The summed E-state index contributed by atoms with van der Waals surface area (Å²) in [5.74, 6) is -0.421. The molecule has 1 saturated heterocycles. The van der Waals surface area contributed by atoms with E-state index in [4.69, 9.17) is 0 Å². The summed E-state index contributed by atoms with van der Waals surface area (Å²) in [5.41, 5.74) is 2.40. The Bertz CT molecular complexity index is 813. The smallest absolute Gasteiger partial charge is 0.274 e. The Morgan fingerprint density at radius 2 is 1.67 bits per heavy atom. The van der Waals surface area contributed by atoms with Crippen molar-refractivity contribution in [2.45, 2.75) is 20.3 Å². The lowest BCUT2D eigenvalue weighted by Crippen LogP contribution is -2.48. The molecule has 1 aromatic carbocycles. The van der Waals surface area contributed by atoms with E-state index in [0.29, 0.717) is 18.8 Å². The van der Waals surface area contributed by atoms with Gasteiger partial charge in [-0.15, -0.1) is 0 Å². The van der Waals surface area contributed by atoms with Gasteiger partial charge in [-0.1, -0.05) is 38.1 Å². The Hall–Kier alpha value is -2.73. The van der Waals surface area contributed by atoms with E-state index in [0.717, 1.165) is 37.3 Å². The van der Waals surface area contributed by atoms with Gasteiger partial charge in [0.15, 0.2) is 0 Å². The third-order valence-corrected chi connectivity index (χ3v) is 4.95. The lowest BCUT2D eigenvalue weighted by atomic mass is 10.1. The van der Waals surface area contributed by atoms with E-state index in [1.807, 2.05) is 36.1 Å². The molecule has 1 N–H and O–H groups in total. The maximum atomic E-state index is 12.7. The fourth-order valence-electron chi connectivity index (χ4n) is 3.25. The summed E-state index contributed by atoms with van der Waals surface area (Å²) in [5, 5.41) is 2.90. The van der Waals surface area contributed by atoms with Crippen molar-refractivity contribution in [3.8, 4) is 0 Å². The molecule has 1 aromatic heterocycles. The number of rotatable bonds is 5. The van der Waals surface area contributed by atoms with E-state index < -0.39 is 0 Å². The first kappa shape index (κ1) is 19.0. The molecule has 2 heterocycles. The highest BCUT2D eigenvalue weighted by Gasteiger charge is 2.23. The van der Waals surface area contributed by atoms with Crippen LogP contribution in [-0.4, -0.2) is 59.3 Å². The molecular weight excluding hydrogens is 340 g/mol. The minimum atomic E-state index is -0.304. The number of carbonyl (C=O) groups excluding carboxylic acids is 2. The molecule has 1 fully saturated rings. The number of anilines is 1. The summed E-state index contributed by atoms with van der Waals surface area (Å²) in [6.45, 7) is 8.28. The Morgan fingerprint density at radius 3 is 2.37 bits per heavy atom. The molecular formula is C21H26N4O2.